The highest BCUT2D eigenvalue weighted by Gasteiger charge is 2.09. The Morgan fingerprint density at radius 2 is 2.00 bits per heavy atom. The van der Waals surface area contributed by atoms with Crippen molar-refractivity contribution in [2.75, 3.05) is 13.2 Å². The van der Waals surface area contributed by atoms with E-state index in [1.165, 1.54) is 6.42 Å². The zero-order valence-corrected chi connectivity index (χ0v) is 11.9. The van der Waals surface area contributed by atoms with E-state index in [2.05, 4.69) is 12.2 Å². The average molecular weight is 276 g/mol. The Labute approximate surface area is 113 Å². The van der Waals surface area contributed by atoms with Gasteiger partial charge in [-0.05, 0) is 32.0 Å². The molecule has 96 valence electrons. The van der Waals surface area contributed by atoms with Gasteiger partial charge in [-0.1, -0.05) is 36.5 Å². The van der Waals surface area contributed by atoms with Gasteiger partial charge in [0.15, 0.2) is 0 Å². The topological polar surface area (TPSA) is 21.3 Å². The fourth-order valence-electron chi connectivity index (χ4n) is 1.58. The van der Waals surface area contributed by atoms with Crippen LogP contribution in [-0.2, 0) is 6.54 Å². The third-order valence-corrected chi connectivity index (χ3v) is 2.90. The lowest BCUT2D eigenvalue weighted by atomic mass is 10.2. The minimum Gasteiger partial charge on any atom is -0.492 e. The molecule has 0 spiro atoms. The van der Waals surface area contributed by atoms with E-state index in [1.807, 2.05) is 13.0 Å². The van der Waals surface area contributed by atoms with Crippen molar-refractivity contribution < 1.29 is 4.74 Å². The van der Waals surface area contributed by atoms with E-state index in [1.54, 1.807) is 6.07 Å². The number of nitrogens with one attached hydrogen (secondary N) is 1. The fraction of sp³-hybridized carbons (Fsp3) is 0.538. The minimum absolute atomic E-state index is 0.576. The second-order valence-electron chi connectivity index (χ2n) is 3.84. The maximum Gasteiger partial charge on any atom is 0.142 e. The van der Waals surface area contributed by atoms with E-state index in [9.17, 15) is 0 Å². The molecule has 0 saturated heterocycles. The van der Waals surface area contributed by atoms with Crippen LogP contribution < -0.4 is 10.1 Å². The number of hydrogen-bond acceptors (Lipinski definition) is 2. The minimum atomic E-state index is 0.576. The zero-order valence-electron chi connectivity index (χ0n) is 10.4. The van der Waals surface area contributed by atoms with Crippen LogP contribution in [0, 0.1) is 0 Å². The van der Waals surface area contributed by atoms with Crippen LogP contribution in [-0.4, -0.2) is 13.2 Å². The van der Waals surface area contributed by atoms with Gasteiger partial charge in [-0.3, -0.25) is 0 Å². The van der Waals surface area contributed by atoms with E-state index in [0.717, 1.165) is 30.8 Å². The highest BCUT2D eigenvalue weighted by atomic mass is 35.5. The summed E-state index contributed by atoms with van der Waals surface area (Å²) in [6.07, 6.45) is 2.35. The molecule has 0 aliphatic rings. The Balaban J connectivity index is 2.73. The largest absolute Gasteiger partial charge is 0.492 e. The van der Waals surface area contributed by atoms with E-state index >= 15 is 0 Å². The summed E-state index contributed by atoms with van der Waals surface area (Å²) in [5, 5.41) is 4.58. The van der Waals surface area contributed by atoms with Gasteiger partial charge in [0, 0.05) is 17.1 Å². The molecule has 0 aliphatic heterocycles. The summed E-state index contributed by atoms with van der Waals surface area (Å²) in [6.45, 7) is 6.44. The molecule has 1 aromatic rings. The molecule has 0 saturated carbocycles. The summed E-state index contributed by atoms with van der Waals surface area (Å²) in [7, 11) is 0. The molecule has 0 radical (unpaired) electrons. The fourth-order valence-corrected chi connectivity index (χ4v) is 2.17. The normalized spacial score (nSPS) is 10.6. The Morgan fingerprint density at radius 1 is 1.24 bits per heavy atom. The van der Waals surface area contributed by atoms with Crippen LogP contribution in [0.5, 0.6) is 5.75 Å². The van der Waals surface area contributed by atoms with E-state index < -0.39 is 0 Å². The Bertz CT molecular complexity index is 356. The lowest BCUT2D eigenvalue weighted by Gasteiger charge is -2.13. The van der Waals surface area contributed by atoms with Crippen molar-refractivity contribution in [3.05, 3.63) is 27.7 Å². The second-order valence-corrected chi connectivity index (χ2v) is 4.68. The maximum absolute atomic E-state index is 6.12. The van der Waals surface area contributed by atoms with Crippen LogP contribution in [0.1, 0.15) is 32.3 Å². The SMILES string of the molecule is CCCCNCc1cc(Cl)cc(Cl)c1OCC. The quantitative estimate of drug-likeness (QED) is 0.750. The van der Waals surface area contributed by atoms with Crippen LogP contribution in [0.25, 0.3) is 0 Å². The van der Waals surface area contributed by atoms with Gasteiger partial charge in [0.05, 0.1) is 11.6 Å². The number of halogens is 2. The van der Waals surface area contributed by atoms with Crippen molar-refractivity contribution in [3.8, 4) is 5.75 Å². The van der Waals surface area contributed by atoms with Crippen LogP contribution in [0.3, 0.4) is 0 Å². The Hall–Kier alpha value is -0.440. The van der Waals surface area contributed by atoms with Gasteiger partial charge in [0.2, 0.25) is 0 Å². The number of rotatable bonds is 7. The van der Waals surface area contributed by atoms with Gasteiger partial charge in [0.25, 0.3) is 0 Å². The predicted octanol–water partition coefficient (Wildman–Crippen LogP) is 4.28. The monoisotopic (exact) mass is 275 g/mol. The molecule has 0 unspecified atom stereocenters. The van der Waals surface area contributed by atoms with Gasteiger partial charge in [-0.15, -0.1) is 0 Å². The van der Waals surface area contributed by atoms with Gasteiger partial charge in [0.1, 0.15) is 5.75 Å². The molecule has 0 aliphatic carbocycles. The summed E-state index contributed by atoms with van der Waals surface area (Å²) in [4.78, 5) is 0. The summed E-state index contributed by atoms with van der Waals surface area (Å²) in [6, 6.07) is 3.61. The summed E-state index contributed by atoms with van der Waals surface area (Å²) in [5.41, 5.74) is 1.01. The van der Waals surface area contributed by atoms with Crippen molar-refractivity contribution in [1.82, 2.24) is 5.32 Å². The molecular formula is C13H19Cl2NO. The molecule has 0 aromatic heterocycles. The van der Waals surface area contributed by atoms with Gasteiger partial charge in [-0.2, -0.15) is 0 Å². The number of hydrogen-bond donors (Lipinski definition) is 1. The third kappa shape index (κ3) is 4.74. The second kappa shape index (κ2) is 7.80. The van der Waals surface area contributed by atoms with Gasteiger partial charge >= 0.3 is 0 Å². The molecule has 0 amide bonds. The van der Waals surface area contributed by atoms with Gasteiger partial charge < -0.3 is 10.1 Å². The van der Waals surface area contributed by atoms with E-state index in [4.69, 9.17) is 27.9 Å². The highest BCUT2D eigenvalue weighted by molar-refractivity contribution is 6.35. The highest BCUT2D eigenvalue weighted by Crippen LogP contribution is 2.32. The molecule has 17 heavy (non-hydrogen) atoms. The lowest BCUT2D eigenvalue weighted by Crippen LogP contribution is -2.15. The molecule has 0 fully saturated rings. The van der Waals surface area contributed by atoms with Gasteiger partial charge in [-0.25, -0.2) is 0 Å². The molecule has 4 heteroatoms. The molecular weight excluding hydrogens is 257 g/mol. The smallest absolute Gasteiger partial charge is 0.142 e. The first kappa shape index (κ1) is 14.6. The molecule has 1 aromatic carbocycles. The van der Waals surface area contributed by atoms with Crippen LogP contribution in [0.2, 0.25) is 10.0 Å². The number of unbranched alkanes of at least 4 members (excludes halogenated alkanes) is 1. The van der Waals surface area contributed by atoms with E-state index in [-0.39, 0.29) is 0 Å². The first-order valence-corrected chi connectivity index (χ1v) is 6.76. The lowest BCUT2D eigenvalue weighted by molar-refractivity contribution is 0.335. The molecule has 1 N–H and O–H groups in total. The van der Waals surface area contributed by atoms with Crippen molar-refractivity contribution in [3.63, 3.8) is 0 Å². The van der Waals surface area contributed by atoms with Crippen molar-refractivity contribution >= 4 is 23.2 Å². The van der Waals surface area contributed by atoms with Crippen molar-refractivity contribution in [2.24, 2.45) is 0 Å². The van der Waals surface area contributed by atoms with Crippen LogP contribution in [0.4, 0.5) is 0 Å². The number of ether oxygens (including phenoxy) is 1. The van der Waals surface area contributed by atoms with Crippen LogP contribution >= 0.6 is 23.2 Å². The summed E-state index contributed by atoms with van der Waals surface area (Å²) in [5.74, 6) is 0.738. The standard InChI is InChI=1S/C13H19Cl2NO/c1-3-5-6-16-9-10-7-11(14)8-12(15)13(10)17-4-2/h7-8,16H,3-6,9H2,1-2H3. The first-order valence-electron chi connectivity index (χ1n) is 6.00. The number of benzene rings is 1. The molecule has 2 nitrogen and oxygen atoms in total. The molecule has 0 atom stereocenters. The molecule has 1 rings (SSSR count). The first-order chi connectivity index (χ1) is 8.19. The van der Waals surface area contributed by atoms with E-state index in [0.29, 0.717) is 16.7 Å². The zero-order chi connectivity index (χ0) is 12.7. The summed E-state index contributed by atoms with van der Waals surface area (Å²) >= 11 is 12.1. The van der Waals surface area contributed by atoms with Crippen LogP contribution in [0.15, 0.2) is 12.1 Å². The summed E-state index contributed by atoms with van der Waals surface area (Å²) < 4.78 is 5.55. The predicted molar refractivity (Wildman–Crippen MR) is 74.2 cm³/mol. The molecule has 0 bridgehead atoms. The molecule has 0 heterocycles. The third-order valence-electron chi connectivity index (χ3n) is 2.40. The maximum atomic E-state index is 6.12. The Kier molecular flexibility index (Phi) is 6.71. The van der Waals surface area contributed by atoms with Crippen molar-refractivity contribution in [1.29, 1.82) is 0 Å². The average Bonchev–Trinajstić information content (AvgIpc) is 2.29. The van der Waals surface area contributed by atoms with Crippen molar-refractivity contribution in [2.45, 2.75) is 33.2 Å². The Morgan fingerprint density at radius 3 is 2.65 bits per heavy atom.